The summed E-state index contributed by atoms with van der Waals surface area (Å²) in [5, 5.41) is 0. The molecule has 0 N–H and O–H groups in total. The Morgan fingerprint density at radius 3 is 1.96 bits per heavy atom. The fourth-order valence-corrected chi connectivity index (χ4v) is 2.58. The molecule has 0 heterocycles. The molecule has 25 heavy (non-hydrogen) atoms. The lowest BCUT2D eigenvalue weighted by molar-refractivity contribution is -0.162. The number of para-hydroxylation sites is 2. The largest absolute Gasteiger partial charge is 0.490 e. The third kappa shape index (κ3) is 6.29. The molecular formula is C19H29NO5. The van der Waals surface area contributed by atoms with Crippen molar-refractivity contribution in [1.82, 2.24) is 4.90 Å². The summed E-state index contributed by atoms with van der Waals surface area (Å²) in [6, 6.07) is 7.15. The number of hydrogen-bond acceptors (Lipinski definition) is 5. The van der Waals surface area contributed by atoms with E-state index >= 15 is 0 Å². The molecule has 0 radical (unpaired) electrons. The summed E-state index contributed by atoms with van der Waals surface area (Å²) in [5.41, 5.74) is 0. The lowest BCUT2D eigenvalue weighted by Crippen LogP contribution is -2.47. The highest BCUT2D eigenvalue weighted by Gasteiger charge is 2.27. The van der Waals surface area contributed by atoms with Gasteiger partial charge >= 0.3 is 5.97 Å². The second kappa shape index (κ2) is 9.91. The molecule has 0 saturated carbocycles. The molecule has 0 aliphatic heterocycles. The molecule has 6 heteroatoms. The lowest BCUT2D eigenvalue weighted by Gasteiger charge is -2.32. The molecule has 140 valence electrons. The molecule has 0 spiro atoms. The van der Waals surface area contributed by atoms with Gasteiger partial charge in [-0.3, -0.25) is 4.79 Å². The molecule has 1 aromatic carbocycles. The fraction of sp³-hybridized carbons (Fsp3) is 0.579. The first kappa shape index (κ1) is 20.8. The Morgan fingerprint density at radius 1 is 0.960 bits per heavy atom. The predicted molar refractivity (Wildman–Crippen MR) is 95.8 cm³/mol. The van der Waals surface area contributed by atoms with Gasteiger partial charge in [-0.15, -0.1) is 0 Å². The molecule has 0 aliphatic rings. The van der Waals surface area contributed by atoms with Crippen molar-refractivity contribution < 1.29 is 23.8 Å². The molecule has 0 aromatic heterocycles. The van der Waals surface area contributed by atoms with E-state index in [9.17, 15) is 9.59 Å². The monoisotopic (exact) mass is 351 g/mol. The van der Waals surface area contributed by atoms with E-state index in [0.717, 1.165) is 0 Å². The standard InChI is InChI=1S/C19H29NO5/c1-7-23-16-10-8-9-11-17(16)24-12-18(21)25-15(6)19(22)20(13(2)3)14(4)5/h8-11,13-15H,7,12H2,1-6H3/t15-/m0/s1. The third-order valence-corrected chi connectivity index (χ3v) is 3.52. The van der Waals surface area contributed by atoms with Gasteiger partial charge in [0.15, 0.2) is 24.2 Å². The first-order valence-corrected chi connectivity index (χ1v) is 8.64. The number of ether oxygens (including phenoxy) is 3. The second-order valence-electron chi connectivity index (χ2n) is 6.23. The van der Waals surface area contributed by atoms with E-state index in [1.54, 1.807) is 30.0 Å². The Kier molecular flexibility index (Phi) is 8.25. The number of nitrogens with zero attached hydrogens (tertiary/aromatic N) is 1. The first-order chi connectivity index (χ1) is 11.8. The van der Waals surface area contributed by atoms with Crippen LogP contribution in [-0.2, 0) is 14.3 Å². The van der Waals surface area contributed by atoms with Crippen LogP contribution in [-0.4, -0.2) is 48.2 Å². The van der Waals surface area contributed by atoms with Gasteiger partial charge in [-0.1, -0.05) is 12.1 Å². The Morgan fingerprint density at radius 2 is 1.48 bits per heavy atom. The summed E-state index contributed by atoms with van der Waals surface area (Å²) >= 11 is 0. The van der Waals surface area contributed by atoms with Crippen molar-refractivity contribution in [3.05, 3.63) is 24.3 Å². The lowest BCUT2D eigenvalue weighted by atomic mass is 10.2. The second-order valence-corrected chi connectivity index (χ2v) is 6.23. The van der Waals surface area contributed by atoms with Crippen LogP contribution in [0, 0.1) is 0 Å². The van der Waals surface area contributed by atoms with Crippen LogP contribution in [0.15, 0.2) is 24.3 Å². The van der Waals surface area contributed by atoms with Crippen LogP contribution in [0.25, 0.3) is 0 Å². The van der Waals surface area contributed by atoms with Crippen LogP contribution in [0.3, 0.4) is 0 Å². The van der Waals surface area contributed by atoms with Gasteiger partial charge in [0.2, 0.25) is 0 Å². The average molecular weight is 351 g/mol. The minimum absolute atomic E-state index is 0.0305. The maximum atomic E-state index is 12.5. The molecule has 1 aromatic rings. The Labute approximate surface area is 150 Å². The SMILES string of the molecule is CCOc1ccccc1OCC(=O)O[C@@H](C)C(=O)N(C(C)C)C(C)C. The number of rotatable bonds is 9. The van der Waals surface area contributed by atoms with Crippen LogP contribution in [0.5, 0.6) is 11.5 Å². The van der Waals surface area contributed by atoms with Gasteiger partial charge in [0.25, 0.3) is 5.91 Å². The number of amides is 1. The summed E-state index contributed by atoms with van der Waals surface area (Å²) in [4.78, 5) is 26.2. The number of carbonyl (C=O) groups excluding carboxylic acids is 2. The molecule has 0 saturated heterocycles. The Bertz CT molecular complexity index is 563. The molecular weight excluding hydrogens is 322 g/mol. The first-order valence-electron chi connectivity index (χ1n) is 8.64. The van der Waals surface area contributed by atoms with E-state index < -0.39 is 12.1 Å². The van der Waals surface area contributed by atoms with Crippen molar-refractivity contribution in [3.8, 4) is 11.5 Å². The Hall–Kier alpha value is -2.24. The van der Waals surface area contributed by atoms with Gasteiger partial charge in [0.1, 0.15) is 0 Å². The fourth-order valence-electron chi connectivity index (χ4n) is 2.58. The highest BCUT2D eigenvalue weighted by molar-refractivity contribution is 5.84. The van der Waals surface area contributed by atoms with Gasteiger partial charge in [0, 0.05) is 12.1 Å². The maximum Gasteiger partial charge on any atom is 0.344 e. The highest BCUT2D eigenvalue weighted by Crippen LogP contribution is 2.26. The zero-order valence-electron chi connectivity index (χ0n) is 15.9. The molecule has 1 amide bonds. The van der Waals surface area contributed by atoms with Crippen molar-refractivity contribution in [2.24, 2.45) is 0 Å². The summed E-state index contributed by atoms with van der Waals surface area (Å²) in [7, 11) is 0. The number of benzene rings is 1. The number of hydrogen-bond donors (Lipinski definition) is 0. The minimum atomic E-state index is -0.858. The van der Waals surface area contributed by atoms with Crippen LogP contribution in [0.1, 0.15) is 41.5 Å². The highest BCUT2D eigenvalue weighted by atomic mass is 16.6. The summed E-state index contributed by atoms with van der Waals surface area (Å²) < 4.78 is 16.1. The molecule has 0 unspecified atom stereocenters. The van der Waals surface area contributed by atoms with Crippen molar-refractivity contribution in [2.75, 3.05) is 13.2 Å². The number of esters is 1. The topological polar surface area (TPSA) is 65.1 Å². The van der Waals surface area contributed by atoms with E-state index in [1.807, 2.05) is 40.7 Å². The van der Waals surface area contributed by atoms with Crippen LogP contribution >= 0.6 is 0 Å². The minimum Gasteiger partial charge on any atom is -0.490 e. The predicted octanol–water partition coefficient (Wildman–Crippen LogP) is 3.04. The van der Waals surface area contributed by atoms with Crippen LogP contribution in [0.4, 0.5) is 0 Å². The van der Waals surface area contributed by atoms with Crippen molar-refractivity contribution in [1.29, 1.82) is 0 Å². The van der Waals surface area contributed by atoms with Crippen molar-refractivity contribution >= 4 is 11.9 Å². The summed E-state index contributed by atoms with van der Waals surface area (Å²) in [6.45, 7) is 11.4. The zero-order chi connectivity index (χ0) is 19.0. The van der Waals surface area contributed by atoms with Gasteiger partial charge in [-0.2, -0.15) is 0 Å². The number of carbonyl (C=O) groups is 2. The quantitative estimate of drug-likeness (QED) is 0.640. The summed E-state index contributed by atoms with van der Waals surface area (Å²) in [5.74, 6) is 0.215. The Balaban J connectivity index is 2.60. The van der Waals surface area contributed by atoms with Gasteiger partial charge in [-0.05, 0) is 53.7 Å². The normalized spacial score (nSPS) is 12.0. The van der Waals surface area contributed by atoms with Crippen LogP contribution < -0.4 is 9.47 Å². The van der Waals surface area contributed by atoms with E-state index in [-0.39, 0.29) is 24.6 Å². The molecule has 1 atom stereocenters. The van der Waals surface area contributed by atoms with E-state index in [1.165, 1.54) is 0 Å². The smallest absolute Gasteiger partial charge is 0.344 e. The van der Waals surface area contributed by atoms with E-state index in [0.29, 0.717) is 18.1 Å². The van der Waals surface area contributed by atoms with E-state index in [4.69, 9.17) is 14.2 Å². The van der Waals surface area contributed by atoms with Gasteiger partial charge < -0.3 is 19.1 Å². The maximum absolute atomic E-state index is 12.5. The van der Waals surface area contributed by atoms with Gasteiger partial charge in [-0.25, -0.2) is 4.79 Å². The molecule has 1 rings (SSSR count). The molecule has 0 fully saturated rings. The van der Waals surface area contributed by atoms with Gasteiger partial charge in [0.05, 0.1) is 6.61 Å². The van der Waals surface area contributed by atoms with Crippen LogP contribution in [0.2, 0.25) is 0 Å². The molecule has 0 aliphatic carbocycles. The third-order valence-electron chi connectivity index (χ3n) is 3.52. The average Bonchev–Trinajstić information content (AvgIpc) is 2.53. The molecule has 6 nitrogen and oxygen atoms in total. The van der Waals surface area contributed by atoms with Crippen molar-refractivity contribution in [3.63, 3.8) is 0 Å². The molecule has 0 bridgehead atoms. The van der Waals surface area contributed by atoms with E-state index in [2.05, 4.69) is 0 Å². The van der Waals surface area contributed by atoms with Crippen molar-refractivity contribution in [2.45, 2.75) is 59.7 Å². The zero-order valence-corrected chi connectivity index (χ0v) is 15.9. The summed E-state index contributed by atoms with van der Waals surface area (Å²) in [6.07, 6.45) is -0.858.